The number of amides is 4. The van der Waals surface area contributed by atoms with Gasteiger partial charge < -0.3 is 15.5 Å². The Morgan fingerprint density at radius 1 is 1.00 bits per heavy atom. The number of rotatable bonds is 5. The summed E-state index contributed by atoms with van der Waals surface area (Å²) in [7, 11) is -3.76. The van der Waals surface area contributed by atoms with Crippen LogP contribution >= 0.6 is 0 Å². The van der Waals surface area contributed by atoms with E-state index in [1.807, 2.05) is 12.2 Å². The Kier molecular flexibility index (Phi) is 6.86. The third kappa shape index (κ3) is 5.31. The van der Waals surface area contributed by atoms with E-state index in [1.54, 1.807) is 0 Å². The molecule has 0 bridgehead atoms. The van der Waals surface area contributed by atoms with Gasteiger partial charge in [0.15, 0.2) is 0 Å². The van der Waals surface area contributed by atoms with Crippen LogP contribution in [0.15, 0.2) is 12.2 Å². The highest BCUT2D eigenvalue weighted by Crippen LogP contribution is 2.46. The Morgan fingerprint density at radius 2 is 1.78 bits per heavy atom. The molecule has 0 aromatic rings. The van der Waals surface area contributed by atoms with E-state index in [0.717, 1.165) is 38.5 Å². The van der Waals surface area contributed by atoms with Crippen molar-refractivity contribution in [2.75, 3.05) is 6.54 Å². The van der Waals surface area contributed by atoms with E-state index >= 15 is 0 Å². The van der Waals surface area contributed by atoms with Crippen LogP contribution in [0.25, 0.3) is 0 Å². The van der Waals surface area contributed by atoms with Crippen LogP contribution in [0.1, 0.15) is 77.0 Å². The Labute approximate surface area is 212 Å². The Bertz CT molecular complexity index is 1070. The van der Waals surface area contributed by atoms with Gasteiger partial charge in [-0.2, -0.15) is 0 Å². The predicted molar refractivity (Wildman–Crippen MR) is 131 cm³/mol. The van der Waals surface area contributed by atoms with Gasteiger partial charge in [0, 0.05) is 18.4 Å². The monoisotopic (exact) mass is 520 g/mol. The molecule has 5 rings (SSSR count). The van der Waals surface area contributed by atoms with E-state index in [9.17, 15) is 27.6 Å². The molecule has 3 saturated carbocycles. The van der Waals surface area contributed by atoms with E-state index < -0.39 is 44.7 Å². The van der Waals surface area contributed by atoms with Crippen molar-refractivity contribution in [3.8, 4) is 0 Å². The standard InChI is InChI=1S/C25H36N4O6S/c30-21(16-10-11-16)26-19-8-5-3-1-2-4-7-17-15-25(17,24(33)28-36(34,35)18-12-13-18)27-22(31)20-9-6-14-29(20)23(19)32/h4,7,16-20H,1-3,5-6,8-15H2,(H,26,30)(H,27,31)(H,28,33)/t17-,19+,20+,25-/m1/s1. The van der Waals surface area contributed by atoms with Gasteiger partial charge in [0.25, 0.3) is 5.91 Å². The lowest BCUT2D eigenvalue weighted by Gasteiger charge is -2.30. The molecule has 0 aromatic heterocycles. The molecule has 2 heterocycles. The van der Waals surface area contributed by atoms with Crippen molar-refractivity contribution in [1.82, 2.24) is 20.3 Å². The minimum atomic E-state index is -3.76. The van der Waals surface area contributed by atoms with Crippen molar-refractivity contribution in [2.24, 2.45) is 11.8 Å². The maximum absolute atomic E-state index is 13.5. The number of sulfonamides is 1. The quantitative estimate of drug-likeness (QED) is 0.460. The number of nitrogens with zero attached hydrogens (tertiary/aromatic N) is 1. The largest absolute Gasteiger partial charge is 0.344 e. The van der Waals surface area contributed by atoms with Gasteiger partial charge >= 0.3 is 0 Å². The van der Waals surface area contributed by atoms with Gasteiger partial charge in [-0.25, -0.2) is 8.42 Å². The summed E-state index contributed by atoms with van der Waals surface area (Å²) in [4.78, 5) is 54.1. The number of allylic oxidation sites excluding steroid dienone is 1. The first kappa shape index (κ1) is 25.2. The average Bonchev–Trinajstić information content (AvgIpc) is 3.70. The minimum Gasteiger partial charge on any atom is -0.344 e. The maximum Gasteiger partial charge on any atom is 0.259 e. The minimum absolute atomic E-state index is 0.0192. The van der Waals surface area contributed by atoms with Crippen LogP contribution in [-0.2, 0) is 29.2 Å². The predicted octanol–water partition coefficient (Wildman–Crippen LogP) is 0.876. The van der Waals surface area contributed by atoms with Crippen molar-refractivity contribution in [3.05, 3.63) is 12.2 Å². The molecule has 4 fully saturated rings. The second kappa shape index (κ2) is 9.79. The number of fused-ring (bicyclic) bond motifs is 2. The van der Waals surface area contributed by atoms with Crippen molar-refractivity contribution < 1.29 is 27.6 Å². The van der Waals surface area contributed by atoms with E-state index in [4.69, 9.17) is 0 Å². The molecule has 11 heteroatoms. The molecular weight excluding hydrogens is 484 g/mol. The fourth-order valence-corrected chi connectivity index (χ4v) is 6.77. The normalized spacial score (nSPS) is 33.4. The highest BCUT2D eigenvalue weighted by Gasteiger charge is 2.61. The SMILES string of the molecule is O=C(N[C@H]1CCCCCC=C[C@@H]2C[C@@]2(C(=O)NS(=O)(=O)C2CC2)NC(=O)[C@@H]2CCCN2C1=O)C1CC1. The fraction of sp³-hybridized carbons (Fsp3) is 0.760. The zero-order valence-corrected chi connectivity index (χ0v) is 21.4. The Morgan fingerprint density at radius 3 is 2.50 bits per heavy atom. The summed E-state index contributed by atoms with van der Waals surface area (Å²) < 4.78 is 27.1. The number of carbonyl (C=O) groups is 4. The molecule has 10 nitrogen and oxygen atoms in total. The molecule has 0 unspecified atom stereocenters. The van der Waals surface area contributed by atoms with Crippen LogP contribution in [0, 0.1) is 11.8 Å². The molecule has 3 N–H and O–H groups in total. The molecular formula is C25H36N4O6S. The van der Waals surface area contributed by atoms with Gasteiger partial charge in [0.2, 0.25) is 27.7 Å². The van der Waals surface area contributed by atoms with Crippen molar-refractivity contribution >= 4 is 33.7 Å². The first-order chi connectivity index (χ1) is 17.2. The summed E-state index contributed by atoms with van der Waals surface area (Å²) in [6.07, 6.45) is 11.9. The van der Waals surface area contributed by atoms with Crippen molar-refractivity contribution in [1.29, 1.82) is 0 Å². The maximum atomic E-state index is 13.5. The van der Waals surface area contributed by atoms with Crippen LogP contribution in [0.2, 0.25) is 0 Å². The lowest BCUT2D eigenvalue weighted by atomic mass is 10.0. The lowest BCUT2D eigenvalue weighted by Crippen LogP contribution is -2.58. The van der Waals surface area contributed by atoms with Crippen LogP contribution < -0.4 is 15.4 Å². The average molecular weight is 521 g/mol. The first-order valence-electron chi connectivity index (χ1n) is 13.4. The molecule has 0 radical (unpaired) electrons. The van der Waals surface area contributed by atoms with E-state index in [-0.39, 0.29) is 23.7 Å². The van der Waals surface area contributed by atoms with Crippen LogP contribution in [0.3, 0.4) is 0 Å². The molecule has 4 atom stereocenters. The number of carbonyl (C=O) groups excluding carboxylic acids is 4. The zero-order valence-electron chi connectivity index (χ0n) is 20.5. The zero-order chi connectivity index (χ0) is 25.5. The van der Waals surface area contributed by atoms with Crippen molar-refractivity contribution in [2.45, 2.75) is 99.9 Å². The molecule has 2 aliphatic heterocycles. The molecule has 3 aliphatic carbocycles. The molecule has 1 saturated heterocycles. The summed E-state index contributed by atoms with van der Waals surface area (Å²) in [5, 5.41) is 5.23. The van der Waals surface area contributed by atoms with Gasteiger partial charge in [-0.1, -0.05) is 25.0 Å². The fourth-order valence-electron chi connectivity index (χ4n) is 5.41. The van der Waals surface area contributed by atoms with Gasteiger partial charge in [0.1, 0.15) is 17.6 Å². The summed E-state index contributed by atoms with van der Waals surface area (Å²) in [6.45, 7) is 0.408. The topological polar surface area (TPSA) is 142 Å². The van der Waals surface area contributed by atoms with E-state index in [1.165, 1.54) is 4.90 Å². The summed E-state index contributed by atoms with van der Waals surface area (Å²) in [5.41, 5.74) is -1.33. The van der Waals surface area contributed by atoms with E-state index in [2.05, 4.69) is 15.4 Å². The van der Waals surface area contributed by atoms with Gasteiger partial charge in [-0.15, -0.1) is 0 Å². The number of hydrogen-bond donors (Lipinski definition) is 3. The van der Waals surface area contributed by atoms with Crippen LogP contribution in [0.4, 0.5) is 0 Å². The summed E-state index contributed by atoms with van der Waals surface area (Å²) in [6, 6.07) is -1.42. The highest BCUT2D eigenvalue weighted by atomic mass is 32.2. The van der Waals surface area contributed by atoms with Crippen LogP contribution in [-0.4, -0.2) is 66.4 Å². The molecule has 4 amide bonds. The first-order valence-corrected chi connectivity index (χ1v) is 14.9. The van der Waals surface area contributed by atoms with E-state index in [0.29, 0.717) is 45.1 Å². The van der Waals surface area contributed by atoms with Crippen molar-refractivity contribution in [3.63, 3.8) is 0 Å². The van der Waals surface area contributed by atoms with Gasteiger partial charge in [-0.3, -0.25) is 23.9 Å². The molecule has 36 heavy (non-hydrogen) atoms. The number of nitrogens with one attached hydrogen (secondary N) is 3. The molecule has 198 valence electrons. The second-order valence-corrected chi connectivity index (χ2v) is 13.0. The summed E-state index contributed by atoms with van der Waals surface area (Å²) in [5.74, 6) is -1.81. The Balaban J connectivity index is 1.35. The summed E-state index contributed by atoms with van der Waals surface area (Å²) >= 11 is 0. The van der Waals surface area contributed by atoms with Gasteiger partial charge in [-0.05, 0) is 64.2 Å². The smallest absolute Gasteiger partial charge is 0.259 e. The lowest BCUT2D eigenvalue weighted by molar-refractivity contribution is -0.142. The highest BCUT2D eigenvalue weighted by molar-refractivity contribution is 7.91. The number of hydrogen-bond acceptors (Lipinski definition) is 6. The molecule has 0 spiro atoms. The second-order valence-electron chi connectivity index (χ2n) is 11.0. The Hall–Kier alpha value is -2.43. The third-order valence-electron chi connectivity index (χ3n) is 8.10. The molecule has 0 aromatic carbocycles. The van der Waals surface area contributed by atoms with Gasteiger partial charge in [0.05, 0.1) is 5.25 Å². The third-order valence-corrected chi connectivity index (χ3v) is 9.92. The van der Waals surface area contributed by atoms with Crippen LogP contribution in [0.5, 0.6) is 0 Å². The molecule has 5 aliphatic rings.